The molecule has 5 unspecified atom stereocenters. The van der Waals surface area contributed by atoms with Crippen molar-refractivity contribution in [2.45, 2.75) is 62.2 Å². The predicted octanol–water partition coefficient (Wildman–Crippen LogP) is 15.7. The van der Waals surface area contributed by atoms with E-state index < -0.39 is 0 Å². The van der Waals surface area contributed by atoms with E-state index in [2.05, 4.69) is 193 Å². The third kappa shape index (κ3) is 5.17. The molecule has 0 heterocycles. The van der Waals surface area contributed by atoms with Crippen molar-refractivity contribution >= 4 is 17.1 Å². The van der Waals surface area contributed by atoms with Gasteiger partial charge in [0.05, 0.1) is 0 Å². The minimum atomic E-state index is -0.139. The zero-order valence-corrected chi connectivity index (χ0v) is 35.8. The summed E-state index contributed by atoms with van der Waals surface area (Å²) in [5, 5.41) is 0. The summed E-state index contributed by atoms with van der Waals surface area (Å²) in [5.41, 5.74) is 23.6. The summed E-state index contributed by atoms with van der Waals surface area (Å²) in [4.78, 5) is 2.60. The topological polar surface area (TPSA) is 3.24 Å². The maximum Gasteiger partial charge on any atom is 0.0465 e. The van der Waals surface area contributed by atoms with E-state index in [9.17, 15) is 0 Å². The number of nitrogens with zero attached hydrogens (tertiary/aromatic N) is 1. The van der Waals surface area contributed by atoms with Crippen LogP contribution in [0.15, 0.2) is 188 Å². The van der Waals surface area contributed by atoms with Gasteiger partial charge in [-0.1, -0.05) is 152 Å². The van der Waals surface area contributed by atoms with E-state index in [0.717, 1.165) is 24.7 Å². The first-order chi connectivity index (χ1) is 31.1. The van der Waals surface area contributed by atoms with Crippen LogP contribution in [0.5, 0.6) is 0 Å². The summed E-state index contributed by atoms with van der Waals surface area (Å²) in [6.45, 7) is 0. The summed E-state index contributed by atoms with van der Waals surface area (Å²) in [5.74, 6) is 3.21. The molecule has 304 valence electrons. The van der Waals surface area contributed by atoms with Crippen molar-refractivity contribution in [2.75, 3.05) is 4.90 Å². The molecule has 7 aliphatic rings. The SMILES string of the molecule is c1ccc(-c2ccc(N(c3ccc4c(c3)C3(Cc5ccccc5C3)c3cc(-c5ccccc5)ccc3-4)c3ccc4c(c3)C3(c5ccccc5-4)C4CCC5CC(C4)CC3C5)cc2)cc1. The van der Waals surface area contributed by atoms with Crippen molar-refractivity contribution in [1.29, 1.82) is 0 Å². The molecule has 0 saturated heterocycles. The standard InChI is InChI=1S/C62H51N/c1-3-11-42(12-4-1)44-20-24-50(25-21-44)63(52-27-30-56-53-17-9-10-18-57(53)62(60(56)37-52)48-23-19-40-31-41(33-48)34-49(62)32-40)51-26-29-55-54-28-22-45(43-13-5-2-6-14-43)35-58(54)61(59(55)36-51)38-46-15-7-8-16-47(46)39-61/h1-18,20-22,24-30,35-37,40-41,48-49H,19,23,31-34,38-39H2. The largest absolute Gasteiger partial charge is 0.310 e. The van der Waals surface area contributed by atoms with Crippen LogP contribution in [0, 0.1) is 23.7 Å². The average molecular weight is 810 g/mol. The normalized spacial score (nSPS) is 23.6. The fraction of sp³-hybridized carbons (Fsp3) is 0.226. The van der Waals surface area contributed by atoms with Gasteiger partial charge in [-0.2, -0.15) is 0 Å². The van der Waals surface area contributed by atoms with Crippen LogP contribution in [0.1, 0.15) is 71.9 Å². The molecule has 8 aromatic carbocycles. The average Bonchev–Trinajstić information content (AvgIpc) is 3.90. The zero-order chi connectivity index (χ0) is 41.3. The summed E-state index contributed by atoms with van der Waals surface area (Å²) in [6, 6.07) is 72.3. The summed E-state index contributed by atoms with van der Waals surface area (Å²) in [7, 11) is 0. The van der Waals surface area contributed by atoms with Crippen LogP contribution in [0.25, 0.3) is 44.5 Å². The highest BCUT2D eigenvalue weighted by Crippen LogP contribution is 2.68. The van der Waals surface area contributed by atoms with Crippen LogP contribution in [0.4, 0.5) is 17.1 Å². The minimum Gasteiger partial charge on any atom is -0.310 e. The fourth-order valence-electron chi connectivity index (χ4n) is 14.7. The fourth-order valence-corrected chi connectivity index (χ4v) is 14.7. The lowest BCUT2D eigenvalue weighted by Crippen LogP contribution is -2.48. The first kappa shape index (κ1) is 36.1. The summed E-state index contributed by atoms with van der Waals surface area (Å²) in [6.07, 6.45) is 10.4. The van der Waals surface area contributed by atoms with Crippen molar-refractivity contribution in [3.8, 4) is 44.5 Å². The van der Waals surface area contributed by atoms with Gasteiger partial charge in [0, 0.05) is 27.9 Å². The molecule has 4 saturated carbocycles. The number of hydrogen-bond donors (Lipinski definition) is 0. The Labute approximate surface area is 372 Å². The van der Waals surface area contributed by atoms with Crippen molar-refractivity contribution in [2.24, 2.45) is 23.7 Å². The van der Waals surface area contributed by atoms with Gasteiger partial charge in [-0.3, -0.25) is 0 Å². The molecule has 4 bridgehead atoms. The van der Waals surface area contributed by atoms with E-state index in [1.165, 1.54) is 122 Å². The van der Waals surface area contributed by atoms with Crippen LogP contribution in [-0.4, -0.2) is 0 Å². The van der Waals surface area contributed by atoms with Crippen molar-refractivity contribution in [1.82, 2.24) is 0 Å². The Bertz CT molecular complexity index is 3070. The van der Waals surface area contributed by atoms with Crippen LogP contribution in [0.2, 0.25) is 0 Å². The summed E-state index contributed by atoms with van der Waals surface area (Å²) >= 11 is 0. The second-order valence-electron chi connectivity index (χ2n) is 20.1. The lowest BCUT2D eigenvalue weighted by atomic mass is 9.51. The van der Waals surface area contributed by atoms with Gasteiger partial charge in [-0.05, 0) is 189 Å². The van der Waals surface area contributed by atoms with Gasteiger partial charge in [0.1, 0.15) is 0 Å². The molecule has 1 heteroatoms. The lowest BCUT2D eigenvalue weighted by Gasteiger charge is -2.53. The van der Waals surface area contributed by atoms with Gasteiger partial charge in [0.15, 0.2) is 0 Å². The highest BCUT2D eigenvalue weighted by molar-refractivity contribution is 5.90. The first-order valence-electron chi connectivity index (χ1n) is 23.8. The van der Waals surface area contributed by atoms with Crippen LogP contribution in [0.3, 0.4) is 0 Å². The number of fused-ring (bicyclic) bond motifs is 10. The molecule has 8 aromatic rings. The number of rotatable bonds is 5. The van der Waals surface area contributed by atoms with E-state index in [0.29, 0.717) is 11.8 Å². The van der Waals surface area contributed by atoms with Gasteiger partial charge < -0.3 is 4.90 Å². The molecule has 0 aromatic heterocycles. The van der Waals surface area contributed by atoms with Crippen LogP contribution >= 0.6 is 0 Å². The van der Waals surface area contributed by atoms with Crippen LogP contribution < -0.4 is 4.90 Å². The predicted molar refractivity (Wildman–Crippen MR) is 260 cm³/mol. The smallest absolute Gasteiger partial charge is 0.0465 e. The second-order valence-corrected chi connectivity index (χ2v) is 20.1. The molecule has 1 nitrogen and oxygen atoms in total. The molecule has 0 radical (unpaired) electrons. The molecule has 7 aliphatic carbocycles. The van der Waals surface area contributed by atoms with E-state index in [-0.39, 0.29) is 10.8 Å². The quantitative estimate of drug-likeness (QED) is 0.167. The Morgan fingerprint density at radius 3 is 1.59 bits per heavy atom. The van der Waals surface area contributed by atoms with Gasteiger partial charge in [0.2, 0.25) is 0 Å². The third-order valence-electron chi connectivity index (χ3n) is 17.1. The second kappa shape index (κ2) is 13.5. The Morgan fingerprint density at radius 1 is 0.349 bits per heavy atom. The molecular formula is C62H51N. The summed E-state index contributed by atoms with van der Waals surface area (Å²) < 4.78 is 0. The molecule has 4 fully saturated rings. The maximum atomic E-state index is 2.68. The Balaban J connectivity index is 0.965. The molecule has 0 aliphatic heterocycles. The molecule has 63 heavy (non-hydrogen) atoms. The first-order valence-corrected chi connectivity index (χ1v) is 23.8. The highest BCUT2D eigenvalue weighted by Gasteiger charge is 2.59. The maximum absolute atomic E-state index is 2.68. The van der Waals surface area contributed by atoms with E-state index >= 15 is 0 Å². The number of anilines is 3. The van der Waals surface area contributed by atoms with Gasteiger partial charge in [0.25, 0.3) is 0 Å². The molecular weight excluding hydrogens is 759 g/mol. The molecule has 5 atom stereocenters. The number of hydrogen-bond acceptors (Lipinski definition) is 1. The number of benzene rings is 8. The Kier molecular flexibility index (Phi) is 7.75. The van der Waals surface area contributed by atoms with E-state index in [4.69, 9.17) is 0 Å². The van der Waals surface area contributed by atoms with Gasteiger partial charge >= 0.3 is 0 Å². The van der Waals surface area contributed by atoms with E-state index in [1.54, 1.807) is 11.1 Å². The highest BCUT2D eigenvalue weighted by atomic mass is 15.1. The molecule has 0 N–H and O–H groups in total. The molecule has 15 rings (SSSR count). The van der Waals surface area contributed by atoms with Crippen LogP contribution in [-0.2, 0) is 23.7 Å². The van der Waals surface area contributed by atoms with Gasteiger partial charge in [-0.25, -0.2) is 0 Å². The van der Waals surface area contributed by atoms with Crippen molar-refractivity contribution < 1.29 is 0 Å². The Morgan fingerprint density at radius 2 is 0.857 bits per heavy atom. The lowest BCUT2D eigenvalue weighted by molar-refractivity contribution is 0.0618. The van der Waals surface area contributed by atoms with Crippen molar-refractivity contribution in [3.63, 3.8) is 0 Å². The van der Waals surface area contributed by atoms with E-state index in [1.807, 2.05) is 0 Å². The molecule has 0 amide bonds. The third-order valence-corrected chi connectivity index (χ3v) is 17.1. The monoisotopic (exact) mass is 809 g/mol. The van der Waals surface area contributed by atoms with Crippen molar-refractivity contribution in [3.05, 3.63) is 221 Å². The zero-order valence-electron chi connectivity index (χ0n) is 35.8. The van der Waals surface area contributed by atoms with Gasteiger partial charge in [-0.15, -0.1) is 0 Å². The minimum absolute atomic E-state index is 0.0894. The Hall–Kier alpha value is -6.44. The molecule has 2 spiro atoms.